The molecular weight excluding hydrogens is 172 g/mol. The lowest BCUT2D eigenvalue weighted by Gasteiger charge is -2.17. The van der Waals surface area contributed by atoms with Gasteiger partial charge < -0.3 is 5.32 Å². The van der Waals surface area contributed by atoms with E-state index < -0.39 is 0 Å². The van der Waals surface area contributed by atoms with Crippen LogP contribution in [0.4, 0.5) is 0 Å². The highest BCUT2D eigenvalue weighted by Gasteiger charge is 2.11. The van der Waals surface area contributed by atoms with Gasteiger partial charge in [-0.15, -0.1) is 0 Å². The van der Waals surface area contributed by atoms with Crippen molar-refractivity contribution in [2.45, 2.75) is 26.8 Å². The highest BCUT2D eigenvalue weighted by atomic mass is 14.9. The summed E-state index contributed by atoms with van der Waals surface area (Å²) in [4.78, 5) is 4.36. The summed E-state index contributed by atoms with van der Waals surface area (Å²) >= 11 is 0. The molecule has 1 heterocycles. The number of likely N-dealkylation sites (N-methyl/N-ethyl adjacent to an activating group) is 1. The van der Waals surface area contributed by atoms with Crippen LogP contribution in [0.25, 0.3) is 0 Å². The Balaban J connectivity index is 2.93. The summed E-state index contributed by atoms with van der Waals surface area (Å²) < 4.78 is 0. The van der Waals surface area contributed by atoms with Crippen molar-refractivity contribution in [3.8, 4) is 0 Å². The quantitative estimate of drug-likeness (QED) is 0.738. The first kappa shape index (κ1) is 10.9. The lowest BCUT2D eigenvalue weighted by atomic mass is 10.1. The molecule has 0 saturated carbocycles. The third kappa shape index (κ3) is 2.67. The van der Waals surface area contributed by atoms with Gasteiger partial charge in [-0.3, -0.25) is 4.98 Å². The maximum absolute atomic E-state index is 4.36. The molecule has 0 bridgehead atoms. The number of pyridine rings is 1. The Morgan fingerprint density at radius 2 is 2.36 bits per heavy atom. The lowest BCUT2D eigenvalue weighted by Crippen LogP contribution is -2.22. The topological polar surface area (TPSA) is 24.9 Å². The van der Waals surface area contributed by atoms with Crippen molar-refractivity contribution in [2.24, 2.45) is 0 Å². The number of hydrogen-bond donors (Lipinski definition) is 1. The molecule has 0 amide bonds. The Labute approximate surface area is 86.1 Å². The maximum atomic E-state index is 4.36. The average Bonchev–Trinajstić information content (AvgIpc) is 2.13. The van der Waals surface area contributed by atoms with Crippen LogP contribution >= 0.6 is 0 Å². The van der Waals surface area contributed by atoms with E-state index in [2.05, 4.69) is 36.8 Å². The molecule has 2 nitrogen and oxygen atoms in total. The Hall–Kier alpha value is -1.15. The smallest absolute Gasteiger partial charge is 0.0705 e. The highest BCUT2D eigenvalue weighted by molar-refractivity contribution is 5.23. The van der Waals surface area contributed by atoms with Gasteiger partial charge in [-0.25, -0.2) is 0 Å². The summed E-state index contributed by atoms with van der Waals surface area (Å²) in [5.41, 5.74) is 3.39. The van der Waals surface area contributed by atoms with Crippen LogP contribution < -0.4 is 5.32 Å². The monoisotopic (exact) mass is 190 g/mol. The number of hydrogen-bond acceptors (Lipinski definition) is 2. The van der Waals surface area contributed by atoms with Gasteiger partial charge in [-0.2, -0.15) is 0 Å². The molecule has 1 aromatic rings. The summed E-state index contributed by atoms with van der Waals surface area (Å²) in [5, 5.41) is 3.36. The molecule has 0 aliphatic rings. The van der Waals surface area contributed by atoms with Gasteiger partial charge >= 0.3 is 0 Å². The molecule has 1 N–H and O–H groups in total. The van der Waals surface area contributed by atoms with E-state index in [9.17, 15) is 0 Å². The van der Waals surface area contributed by atoms with Crippen molar-refractivity contribution >= 4 is 0 Å². The zero-order chi connectivity index (χ0) is 10.6. The molecule has 0 aliphatic carbocycles. The van der Waals surface area contributed by atoms with Gasteiger partial charge in [0.25, 0.3) is 0 Å². The summed E-state index contributed by atoms with van der Waals surface area (Å²) in [6.45, 7) is 11.1. The molecule has 0 fully saturated rings. The fourth-order valence-corrected chi connectivity index (χ4v) is 1.45. The SMILES string of the molecule is C=C(C)C(NCC)c1cc(C)ccn1. The number of rotatable bonds is 4. The molecule has 0 spiro atoms. The summed E-state index contributed by atoms with van der Waals surface area (Å²) in [7, 11) is 0. The largest absolute Gasteiger partial charge is 0.306 e. The first-order valence-electron chi connectivity index (χ1n) is 4.96. The number of nitrogens with one attached hydrogen (secondary N) is 1. The summed E-state index contributed by atoms with van der Waals surface area (Å²) in [6.07, 6.45) is 1.85. The van der Waals surface area contributed by atoms with Crippen molar-refractivity contribution in [1.82, 2.24) is 10.3 Å². The van der Waals surface area contributed by atoms with Crippen molar-refractivity contribution in [3.05, 3.63) is 41.7 Å². The number of nitrogens with zero attached hydrogens (tertiary/aromatic N) is 1. The second kappa shape index (κ2) is 4.91. The Morgan fingerprint density at radius 3 is 2.86 bits per heavy atom. The van der Waals surface area contributed by atoms with Crippen LogP contribution in [0.1, 0.15) is 31.1 Å². The van der Waals surface area contributed by atoms with Gasteiger partial charge in [0, 0.05) is 6.20 Å². The third-order valence-electron chi connectivity index (χ3n) is 2.13. The van der Waals surface area contributed by atoms with E-state index in [4.69, 9.17) is 0 Å². The summed E-state index contributed by atoms with van der Waals surface area (Å²) in [5.74, 6) is 0. The van der Waals surface area contributed by atoms with E-state index in [-0.39, 0.29) is 6.04 Å². The van der Waals surface area contributed by atoms with Crippen LogP contribution in [0.3, 0.4) is 0 Å². The molecule has 0 radical (unpaired) electrons. The molecule has 1 aromatic heterocycles. The van der Waals surface area contributed by atoms with Crippen LogP contribution in [-0.2, 0) is 0 Å². The summed E-state index contributed by atoms with van der Waals surface area (Å²) in [6, 6.07) is 4.28. The van der Waals surface area contributed by atoms with Gasteiger partial charge in [-0.05, 0) is 38.1 Å². The molecule has 76 valence electrons. The van der Waals surface area contributed by atoms with Gasteiger partial charge in [-0.1, -0.05) is 19.1 Å². The molecular formula is C12H18N2. The molecule has 14 heavy (non-hydrogen) atoms. The second-order valence-electron chi connectivity index (χ2n) is 3.60. The van der Waals surface area contributed by atoms with Crippen molar-refractivity contribution in [3.63, 3.8) is 0 Å². The number of aromatic nitrogens is 1. The Morgan fingerprint density at radius 1 is 1.64 bits per heavy atom. The van der Waals surface area contributed by atoms with Gasteiger partial charge in [0.2, 0.25) is 0 Å². The standard InChI is InChI=1S/C12H18N2/c1-5-13-12(9(2)3)11-8-10(4)6-7-14-11/h6-8,12-13H,2,5H2,1,3-4H3. The zero-order valence-corrected chi connectivity index (χ0v) is 9.17. The molecule has 1 atom stereocenters. The van der Waals surface area contributed by atoms with E-state index >= 15 is 0 Å². The molecule has 0 aliphatic heterocycles. The first-order valence-corrected chi connectivity index (χ1v) is 4.96. The minimum Gasteiger partial charge on any atom is -0.306 e. The van der Waals surface area contributed by atoms with E-state index in [0.29, 0.717) is 0 Å². The highest BCUT2D eigenvalue weighted by Crippen LogP contribution is 2.18. The maximum Gasteiger partial charge on any atom is 0.0705 e. The van der Waals surface area contributed by atoms with Crippen molar-refractivity contribution in [1.29, 1.82) is 0 Å². The Bertz CT molecular complexity index is 318. The minimum absolute atomic E-state index is 0.180. The van der Waals surface area contributed by atoms with Gasteiger partial charge in [0.05, 0.1) is 11.7 Å². The normalized spacial score (nSPS) is 12.5. The predicted octanol–water partition coefficient (Wildman–Crippen LogP) is 2.62. The van der Waals surface area contributed by atoms with Crippen LogP contribution in [0, 0.1) is 6.92 Å². The molecule has 0 saturated heterocycles. The molecule has 1 unspecified atom stereocenters. The second-order valence-corrected chi connectivity index (χ2v) is 3.60. The Kier molecular flexibility index (Phi) is 3.84. The average molecular weight is 190 g/mol. The van der Waals surface area contributed by atoms with Crippen LogP contribution in [-0.4, -0.2) is 11.5 Å². The van der Waals surface area contributed by atoms with E-state index in [1.807, 2.05) is 19.2 Å². The van der Waals surface area contributed by atoms with Crippen LogP contribution in [0.5, 0.6) is 0 Å². The van der Waals surface area contributed by atoms with Gasteiger partial charge in [0.15, 0.2) is 0 Å². The predicted molar refractivity (Wildman–Crippen MR) is 60.2 cm³/mol. The number of aryl methyl sites for hydroxylation is 1. The third-order valence-corrected chi connectivity index (χ3v) is 2.13. The zero-order valence-electron chi connectivity index (χ0n) is 9.17. The van der Waals surface area contributed by atoms with Crippen molar-refractivity contribution < 1.29 is 0 Å². The van der Waals surface area contributed by atoms with Crippen LogP contribution in [0.2, 0.25) is 0 Å². The molecule has 1 rings (SSSR count). The minimum atomic E-state index is 0.180. The van der Waals surface area contributed by atoms with Crippen molar-refractivity contribution in [2.75, 3.05) is 6.54 Å². The van der Waals surface area contributed by atoms with E-state index in [1.165, 1.54) is 5.56 Å². The van der Waals surface area contributed by atoms with E-state index in [1.54, 1.807) is 0 Å². The van der Waals surface area contributed by atoms with Gasteiger partial charge in [0.1, 0.15) is 0 Å². The van der Waals surface area contributed by atoms with Crippen LogP contribution in [0.15, 0.2) is 30.5 Å². The fraction of sp³-hybridized carbons (Fsp3) is 0.417. The molecule has 0 aromatic carbocycles. The van der Waals surface area contributed by atoms with E-state index in [0.717, 1.165) is 17.8 Å². The lowest BCUT2D eigenvalue weighted by molar-refractivity contribution is 0.606. The fourth-order valence-electron chi connectivity index (χ4n) is 1.45. The first-order chi connectivity index (χ1) is 6.65. The molecule has 2 heteroatoms.